The number of carbonyl (C=O) groups excluding carboxylic acids is 2. The SMILES string of the molecule is Cl.O=C(CC1CSCCN1)Nc1ccc(Cl)cc1C(=O)NCC1CC1. The van der Waals surface area contributed by atoms with Crippen LogP contribution in [-0.2, 0) is 4.79 Å². The van der Waals surface area contributed by atoms with Crippen LogP contribution in [0.15, 0.2) is 18.2 Å². The fourth-order valence-corrected chi connectivity index (χ4v) is 3.76. The lowest BCUT2D eigenvalue weighted by Gasteiger charge is -2.22. The normalized spacial score (nSPS) is 19.6. The number of hydrogen-bond donors (Lipinski definition) is 3. The maximum atomic E-state index is 12.4. The molecule has 25 heavy (non-hydrogen) atoms. The minimum Gasteiger partial charge on any atom is -0.352 e. The van der Waals surface area contributed by atoms with Gasteiger partial charge in [-0.3, -0.25) is 9.59 Å². The molecular weight excluding hydrogens is 381 g/mol. The number of halogens is 2. The summed E-state index contributed by atoms with van der Waals surface area (Å²) in [5.74, 6) is 2.34. The van der Waals surface area contributed by atoms with E-state index < -0.39 is 0 Å². The average Bonchev–Trinajstić information content (AvgIpc) is 3.39. The summed E-state index contributed by atoms with van der Waals surface area (Å²) in [6.07, 6.45) is 2.75. The second-order valence-corrected chi connectivity index (χ2v) is 7.91. The molecule has 1 saturated heterocycles. The Morgan fingerprint density at radius 2 is 2.12 bits per heavy atom. The summed E-state index contributed by atoms with van der Waals surface area (Å²) >= 11 is 7.88. The molecule has 1 aromatic rings. The standard InChI is InChI=1S/C17H22ClN3O2S.ClH/c18-12-3-4-15(14(7-12)17(23)20-9-11-1-2-11)21-16(22)8-13-10-24-6-5-19-13;/h3-4,7,11,13,19H,1-2,5-6,8-10H2,(H,20,23)(H,21,22);1H. The van der Waals surface area contributed by atoms with E-state index in [1.807, 2.05) is 11.8 Å². The van der Waals surface area contributed by atoms with Crippen molar-refractivity contribution in [3.05, 3.63) is 28.8 Å². The van der Waals surface area contributed by atoms with Crippen LogP contribution in [0.4, 0.5) is 5.69 Å². The molecule has 1 heterocycles. The van der Waals surface area contributed by atoms with Crippen LogP contribution >= 0.6 is 35.8 Å². The maximum Gasteiger partial charge on any atom is 0.253 e. The van der Waals surface area contributed by atoms with Crippen molar-refractivity contribution >= 4 is 53.3 Å². The molecule has 1 aromatic carbocycles. The van der Waals surface area contributed by atoms with E-state index in [4.69, 9.17) is 11.6 Å². The fourth-order valence-electron chi connectivity index (χ4n) is 2.64. The van der Waals surface area contributed by atoms with Crippen molar-refractivity contribution in [2.75, 3.05) is 29.9 Å². The monoisotopic (exact) mass is 403 g/mol. The molecule has 0 aromatic heterocycles. The summed E-state index contributed by atoms with van der Waals surface area (Å²) in [6.45, 7) is 1.61. The van der Waals surface area contributed by atoms with Crippen molar-refractivity contribution in [3.63, 3.8) is 0 Å². The van der Waals surface area contributed by atoms with Crippen molar-refractivity contribution in [1.29, 1.82) is 0 Å². The molecule has 0 bridgehead atoms. The van der Waals surface area contributed by atoms with Gasteiger partial charge in [0.25, 0.3) is 5.91 Å². The highest BCUT2D eigenvalue weighted by molar-refractivity contribution is 7.99. The van der Waals surface area contributed by atoms with Crippen LogP contribution in [0, 0.1) is 5.92 Å². The van der Waals surface area contributed by atoms with Crippen molar-refractivity contribution in [2.24, 2.45) is 5.92 Å². The van der Waals surface area contributed by atoms with Gasteiger partial charge in [0.1, 0.15) is 0 Å². The summed E-state index contributed by atoms with van der Waals surface area (Å²) < 4.78 is 0. The molecule has 2 aliphatic rings. The van der Waals surface area contributed by atoms with Crippen LogP contribution in [0.1, 0.15) is 29.6 Å². The van der Waals surface area contributed by atoms with Crippen LogP contribution in [0.5, 0.6) is 0 Å². The first-order chi connectivity index (χ1) is 11.6. The van der Waals surface area contributed by atoms with Crippen LogP contribution in [0.2, 0.25) is 5.02 Å². The van der Waals surface area contributed by atoms with Crippen molar-refractivity contribution in [3.8, 4) is 0 Å². The van der Waals surface area contributed by atoms with Gasteiger partial charge in [-0.2, -0.15) is 11.8 Å². The van der Waals surface area contributed by atoms with E-state index in [0.717, 1.165) is 18.1 Å². The number of rotatable bonds is 6. The summed E-state index contributed by atoms with van der Waals surface area (Å²) in [5, 5.41) is 9.60. The van der Waals surface area contributed by atoms with Gasteiger partial charge in [0, 0.05) is 42.1 Å². The number of nitrogens with one attached hydrogen (secondary N) is 3. The largest absolute Gasteiger partial charge is 0.352 e. The molecule has 3 rings (SSSR count). The van der Waals surface area contributed by atoms with E-state index in [0.29, 0.717) is 35.2 Å². The van der Waals surface area contributed by atoms with Gasteiger partial charge in [0.15, 0.2) is 0 Å². The first kappa shape index (κ1) is 20.4. The molecule has 1 unspecified atom stereocenters. The van der Waals surface area contributed by atoms with Gasteiger partial charge in [-0.15, -0.1) is 12.4 Å². The lowest BCUT2D eigenvalue weighted by Crippen LogP contribution is -2.40. The van der Waals surface area contributed by atoms with Crippen molar-refractivity contribution in [2.45, 2.75) is 25.3 Å². The van der Waals surface area contributed by atoms with Gasteiger partial charge >= 0.3 is 0 Å². The second kappa shape index (κ2) is 9.67. The summed E-state index contributed by atoms with van der Waals surface area (Å²) in [7, 11) is 0. The Labute approximate surface area is 163 Å². The minimum absolute atomic E-state index is 0. The van der Waals surface area contributed by atoms with Crippen molar-refractivity contribution < 1.29 is 9.59 Å². The highest BCUT2D eigenvalue weighted by atomic mass is 35.5. The number of carbonyl (C=O) groups is 2. The molecule has 2 fully saturated rings. The van der Waals surface area contributed by atoms with Crippen LogP contribution in [0.25, 0.3) is 0 Å². The van der Waals surface area contributed by atoms with Crippen LogP contribution in [0.3, 0.4) is 0 Å². The Hall–Kier alpha value is -0.950. The van der Waals surface area contributed by atoms with E-state index >= 15 is 0 Å². The summed E-state index contributed by atoms with van der Waals surface area (Å²) in [4.78, 5) is 24.7. The molecule has 1 aliphatic heterocycles. The highest BCUT2D eigenvalue weighted by Gasteiger charge is 2.23. The highest BCUT2D eigenvalue weighted by Crippen LogP contribution is 2.28. The molecule has 138 valence electrons. The predicted molar refractivity (Wildman–Crippen MR) is 106 cm³/mol. The van der Waals surface area contributed by atoms with Crippen molar-refractivity contribution in [1.82, 2.24) is 10.6 Å². The quantitative estimate of drug-likeness (QED) is 0.682. The first-order valence-electron chi connectivity index (χ1n) is 8.30. The Balaban J connectivity index is 0.00000225. The zero-order chi connectivity index (χ0) is 16.9. The first-order valence-corrected chi connectivity index (χ1v) is 9.84. The number of benzene rings is 1. The minimum atomic E-state index is -0.189. The molecule has 0 radical (unpaired) electrons. The molecule has 1 atom stereocenters. The number of hydrogen-bond acceptors (Lipinski definition) is 4. The number of amides is 2. The topological polar surface area (TPSA) is 70.2 Å². The molecule has 2 amide bonds. The molecule has 8 heteroatoms. The molecule has 1 saturated carbocycles. The third-order valence-corrected chi connectivity index (χ3v) is 5.54. The van der Waals surface area contributed by atoms with E-state index in [9.17, 15) is 9.59 Å². The smallest absolute Gasteiger partial charge is 0.253 e. The lowest BCUT2D eigenvalue weighted by molar-refractivity contribution is -0.116. The Kier molecular flexibility index (Phi) is 7.87. The van der Waals surface area contributed by atoms with Gasteiger partial charge in [-0.25, -0.2) is 0 Å². The third kappa shape index (κ3) is 6.37. The van der Waals surface area contributed by atoms with E-state index in [2.05, 4.69) is 16.0 Å². The molecule has 5 nitrogen and oxygen atoms in total. The number of thioether (sulfide) groups is 1. The molecule has 3 N–H and O–H groups in total. The van der Waals surface area contributed by atoms with Crippen LogP contribution in [-0.4, -0.2) is 42.5 Å². The molecular formula is C17H23Cl2N3O2S. The number of anilines is 1. The van der Waals surface area contributed by atoms with E-state index in [1.165, 1.54) is 12.8 Å². The zero-order valence-electron chi connectivity index (χ0n) is 13.8. The Morgan fingerprint density at radius 3 is 2.80 bits per heavy atom. The van der Waals surface area contributed by atoms with Gasteiger partial charge in [-0.1, -0.05) is 11.6 Å². The molecule has 1 aliphatic carbocycles. The van der Waals surface area contributed by atoms with Gasteiger partial charge in [-0.05, 0) is 37.0 Å². The van der Waals surface area contributed by atoms with Crippen LogP contribution < -0.4 is 16.0 Å². The van der Waals surface area contributed by atoms with Gasteiger partial charge in [0.2, 0.25) is 5.91 Å². The Bertz CT molecular complexity index is 620. The van der Waals surface area contributed by atoms with E-state index in [1.54, 1.807) is 18.2 Å². The lowest BCUT2D eigenvalue weighted by atomic mass is 10.1. The third-order valence-electron chi connectivity index (χ3n) is 4.18. The van der Waals surface area contributed by atoms with Gasteiger partial charge in [0.05, 0.1) is 11.3 Å². The average molecular weight is 404 g/mol. The van der Waals surface area contributed by atoms with Gasteiger partial charge < -0.3 is 16.0 Å². The summed E-state index contributed by atoms with van der Waals surface area (Å²) in [5.41, 5.74) is 0.934. The Morgan fingerprint density at radius 1 is 1.32 bits per heavy atom. The summed E-state index contributed by atoms with van der Waals surface area (Å²) in [6, 6.07) is 5.16. The second-order valence-electron chi connectivity index (χ2n) is 6.32. The predicted octanol–water partition coefficient (Wildman–Crippen LogP) is 2.94. The fraction of sp³-hybridized carbons (Fsp3) is 0.529. The maximum absolute atomic E-state index is 12.4. The molecule has 0 spiro atoms. The van der Waals surface area contributed by atoms with E-state index in [-0.39, 0.29) is 30.3 Å². The zero-order valence-corrected chi connectivity index (χ0v) is 16.2.